The van der Waals surface area contributed by atoms with Crippen molar-refractivity contribution in [1.82, 2.24) is 5.16 Å². The standard InChI is InChI=1S/C10H5F3N2O3/c1-4-7(11)9(13)6(5-2-3-14-18-5)10(8(4)12)15(16)17/h2-3H,1H3. The molecule has 94 valence electrons. The van der Waals surface area contributed by atoms with Gasteiger partial charge in [-0.25, -0.2) is 8.78 Å². The summed E-state index contributed by atoms with van der Waals surface area (Å²) in [6, 6.07) is 1.07. The minimum absolute atomic E-state index is 0.419. The summed E-state index contributed by atoms with van der Waals surface area (Å²) < 4.78 is 45.2. The molecule has 0 atom stereocenters. The quantitative estimate of drug-likeness (QED) is 0.471. The van der Waals surface area contributed by atoms with Crippen LogP contribution in [0.2, 0.25) is 0 Å². The van der Waals surface area contributed by atoms with E-state index in [1.54, 1.807) is 0 Å². The summed E-state index contributed by atoms with van der Waals surface area (Å²) in [7, 11) is 0. The number of hydrogen-bond acceptors (Lipinski definition) is 4. The molecule has 0 N–H and O–H groups in total. The largest absolute Gasteiger partial charge is 0.356 e. The molecule has 0 aliphatic rings. The fourth-order valence-electron chi connectivity index (χ4n) is 1.50. The lowest BCUT2D eigenvalue weighted by molar-refractivity contribution is -0.387. The van der Waals surface area contributed by atoms with Crippen molar-refractivity contribution < 1.29 is 22.6 Å². The van der Waals surface area contributed by atoms with Gasteiger partial charge < -0.3 is 4.52 Å². The van der Waals surface area contributed by atoms with Crippen molar-refractivity contribution >= 4 is 5.69 Å². The number of halogens is 3. The molecule has 0 bridgehead atoms. The zero-order valence-electron chi connectivity index (χ0n) is 8.91. The van der Waals surface area contributed by atoms with Crippen LogP contribution in [-0.2, 0) is 0 Å². The molecule has 2 rings (SSSR count). The minimum Gasteiger partial charge on any atom is -0.356 e. The average molecular weight is 258 g/mol. The number of nitro groups is 1. The molecule has 18 heavy (non-hydrogen) atoms. The van der Waals surface area contributed by atoms with Crippen LogP contribution >= 0.6 is 0 Å². The van der Waals surface area contributed by atoms with E-state index in [1.807, 2.05) is 0 Å². The normalized spacial score (nSPS) is 10.7. The second-order valence-corrected chi connectivity index (χ2v) is 3.42. The Morgan fingerprint density at radius 3 is 2.44 bits per heavy atom. The summed E-state index contributed by atoms with van der Waals surface area (Å²) in [6.45, 7) is 0.908. The lowest BCUT2D eigenvalue weighted by Crippen LogP contribution is -2.04. The highest BCUT2D eigenvalue weighted by atomic mass is 19.2. The average Bonchev–Trinajstić information content (AvgIpc) is 2.83. The van der Waals surface area contributed by atoms with Gasteiger partial charge in [0.1, 0.15) is 5.56 Å². The van der Waals surface area contributed by atoms with Crippen LogP contribution < -0.4 is 0 Å². The number of benzene rings is 1. The van der Waals surface area contributed by atoms with Gasteiger partial charge in [0.25, 0.3) is 0 Å². The lowest BCUT2D eigenvalue weighted by atomic mass is 10.1. The van der Waals surface area contributed by atoms with E-state index in [9.17, 15) is 23.3 Å². The van der Waals surface area contributed by atoms with E-state index in [0.717, 1.165) is 19.2 Å². The van der Waals surface area contributed by atoms with Crippen LogP contribution in [0.25, 0.3) is 11.3 Å². The number of nitro benzene ring substituents is 1. The summed E-state index contributed by atoms with van der Waals surface area (Å²) in [5.41, 5.74) is -2.83. The van der Waals surface area contributed by atoms with Gasteiger partial charge in [-0.15, -0.1) is 0 Å². The van der Waals surface area contributed by atoms with Crippen LogP contribution in [0, 0.1) is 34.5 Å². The monoisotopic (exact) mass is 258 g/mol. The zero-order valence-corrected chi connectivity index (χ0v) is 8.91. The van der Waals surface area contributed by atoms with Crippen LogP contribution in [0.3, 0.4) is 0 Å². The Balaban J connectivity index is 2.90. The summed E-state index contributed by atoms with van der Waals surface area (Å²) in [4.78, 5) is 9.63. The number of aromatic nitrogens is 1. The topological polar surface area (TPSA) is 69.2 Å². The van der Waals surface area contributed by atoms with E-state index in [1.165, 1.54) is 0 Å². The predicted octanol–water partition coefficient (Wildman–Crippen LogP) is 2.98. The Morgan fingerprint density at radius 2 is 1.94 bits per heavy atom. The first kappa shape index (κ1) is 12.1. The van der Waals surface area contributed by atoms with Gasteiger partial charge >= 0.3 is 5.69 Å². The number of hydrogen-bond donors (Lipinski definition) is 0. The second-order valence-electron chi connectivity index (χ2n) is 3.42. The Kier molecular flexibility index (Phi) is 2.77. The fraction of sp³-hybridized carbons (Fsp3) is 0.100. The fourth-order valence-corrected chi connectivity index (χ4v) is 1.50. The summed E-state index contributed by atoms with van der Waals surface area (Å²) in [6.07, 6.45) is 1.08. The molecule has 0 aliphatic carbocycles. The summed E-state index contributed by atoms with van der Waals surface area (Å²) in [5.74, 6) is -4.90. The summed E-state index contributed by atoms with van der Waals surface area (Å²) >= 11 is 0. The van der Waals surface area contributed by atoms with Crippen molar-refractivity contribution in [3.05, 3.63) is 45.4 Å². The zero-order chi connectivity index (χ0) is 13.4. The van der Waals surface area contributed by atoms with Gasteiger partial charge in [-0.3, -0.25) is 10.1 Å². The molecule has 1 aromatic heterocycles. The van der Waals surface area contributed by atoms with Gasteiger partial charge in [-0.1, -0.05) is 5.16 Å². The molecule has 0 saturated heterocycles. The SMILES string of the molecule is Cc1c(F)c(F)c(-c2ccno2)c([N+](=O)[O-])c1F. The maximum absolute atomic E-state index is 13.7. The van der Waals surface area contributed by atoms with Crippen LogP contribution in [0.4, 0.5) is 18.9 Å². The Labute approximate surface area is 98.0 Å². The Morgan fingerprint density at radius 1 is 1.28 bits per heavy atom. The molecule has 0 amide bonds. The molecular weight excluding hydrogens is 253 g/mol. The van der Waals surface area contributed by atoms with Crippen LogP contribution in [0.5, 0.6) is 0 Å². The first-order chi connectivity index (χ1) is 8.45. The molecule has 0 saturated carbocycles. The highest BCUT2D eigenvalue weighted by molar-refractivity contribution is 5.71. The van der Waals surface area contributed by atoms with Crippen LogP contribution in [0.15, 0.2) is 16.8 Å². The van der Waals surface area contributed by atoms with E-state index in [0.29, 0.717) is 0 Å². The number of nitrogens with zero attached hydrogens (tertiary/aromatic N) is 2. The molecule has 0 unspecified atom stereocenters. The van der Waals surface area contributed by atoms with E-state index < -0.39 is 44.9 Å². The van der Waals surface area contributed by atoms with Crippen LogP contribution in [0.1, 0.15) is 5.56 Å². The van der Waals surface area contributed by atoms with Gasteiger partial charge in [0.2, 0.25) is 5.82 Å². The molecule has 0 radical (unpaired) electrons. The van der Waals surface area contributed by atoms with Crippen molar-refractivity contribution in [1.29, 1.82) is 0 Å². The molecule has 0 fully saturated rings. The highest BCUT2D eigenvalue weighted by Gasteiger charge is 2.33. The van der Waals surface area contributed by atoms with Crippen molar-refractivity contribution in [2.45, 2.75) is 6.92 Å². The maximum Gasteiger partial charge on any atom is 0.319 e. The molecule has 5 nitrogen and oxygen atoms in total. The van der Waals surface area contributed by atoms with Gasteiger partial charge in [-0.05, 0) is 6.92 Å². The Hall–Kier alpha value is -2.38. The van der Waals surface area contributed by atoms with E-state index >= 15 is 0 Å². The Bertz CT molecular complexity index is 626. The van der Waals surface area contributed by atoms with Crippen molar-refractivity contribution in [2.24, 2.45) is 0 Å². The minimum atomic E-state index is -1.54. The van der Waals surface area contributed by atoms with Crippen LogP contribution in [-0.4, -0.2) is 10.1 Å². The van der Waals surface area contributed by atoms with Gasteiger partial charge in [0, 0.05) is 11.6 Å². The van der Waals surface area contributed by atoms with Gasteiger partial charge in [0.05, 0.1) is 11.1 Å². The molecule has 1 heterocycles. The molecular formula is C10H5F3N2O3. The third kappa shape index (κ3) is 1.62. The van der Waals surface area contributed by atoms with Crippen molar-refractivity contribution in [3.63, 3.8) is 0 Å². The highest BCUT2D eigenvalue weighted by Crippen LogP contribution is 2.37. The van der Waals surface area contributed by atoms with Gasteiger partial charge in [-0.2, -0.15) is 4.39 Å². The first-order valence-corrected chi connectivity index (χ1v) is 4.67. The van der Waals surface area contributed by atoms with E-state index in [4.69, 9.17) is 0 Å². The third-order valence-electron chi connectivity index (χ3n) is 2.38. The number of rotatable bonds is 2. The van der Waals surface area contributed by atoms with Gasteiger partial charge in [0.15, 0.2) is 17.4 Å². The summed E-state index contributed by atoms with van der Waals surface area (Å²) in [5, 5.41) is 14.0. The van der Waals surface area contributed by atoms with E-state index in [2.05, 4.69) is 9.68 Å². The second kappa shape index (κ2) is 4.13. The van der Waals surface area contributed by atoms with Crippen molar-refractivity contribution in [3.8, 4) is 11.3 Å². The van der Waals surface area contributed by atoms with E-state index in [-0.39, 0.29) is 0 Å². The third-order valence-corrected chi connectivity index (χ3v) is 2.38. The maximum atomic E-state index is 13.7. The molecule has 0 spiro atoms. The lowest BCUT2D eigenvalue weighted by Gasteiger charge is -2.06. The molecule has 1 aromatic carbocycles. The molecule has 0 aliphatic heterocycles. The molecule has 2 aromatic rings. The molecule has 8 heteroatoms. The first-order valence-electron chi connectivity index (χ1n) is 4.67. The smallest absolute Gasteiger partial charge is 0.319 e. The van der Waals surface area contributed by atoms with Crippen molar-refractivity contribution in [2.75, 3.05) is 0 Å². The predicted molar refractivity (Wildman–Crippen MR) is 53.2 cm³/mol.